The van der Waals surface area contributed by atoms with E-state index in [9.17, 15) is 0 Å². The first kappa shape index (κ1) is 20.2. The molecule has 0 aliphatic carbocycles. The molecule has 5 nitrogen and oxygen atoms in total. The monoisotopic (exact) mass is 498 g/mol. The molecule has 31 heavy (non-hydrogen) atoms. The lowest BCUT2D eigenvalue weighted by Gasteiger charge is -2.38. The molecule has 7 heteroatoms. The first-order valence-electron chi connectivity index (χ1n) is 9.87. The minimum atomic E-state index is -0.366. The molecular weight excluding hydrogens is 480 g/mol. The molecule has 0 N–H and O–H groups in total. The summed E-state index contributed by atoms with van der Waals surface area (Å²) < 4.78 is 18.3. The standard InChI is InChI=1S/C24H20BrClN2O3/c1-29-22-8-6-14(11-23(22)30-2)19-13-20-18-12-16(25)7-9-21(18)31-24(28(20)27-19)15-4-3-5-17(26)10-15/h3-12,20,24H,13H2,1-2H3/t20-,24-/m0/s1. The molecule has 0 bridgehead atoms. The van der Waals surface area contributed by atoms with Crippen LogP contribution in [0, 0.1) is 0 Å². The Morgan fingerprint density at radius 1 is 1.03 bits per heavy atom. The number of benzene rings is 3. The maximum absolute atomic E-state index is 6.40. The maximum Gasteiger partial charge on any atom is 0.213 e. The molecule has 3 aromatic carbocycles. The molecular formula is C24H20BrClN2O3. The molecule has 0 radical (unpaired) electrons. The van der Waals surface area contributed by atoms with Crippen molar-refractivity contribution in [2.24, 2.45) is 5.10 Å². The van der Waals surface area contributed by atoms with Crippen molar-refractivity contribution in [1.29, 1.82) is 0 Å². The Hall–Kier alpha value is -2.70. The molecule has 0 aromatic heterocycles. The molecule has 2 atom stereocenters. The van der Waals surface area contributed by atoms with Gasteiger partial charge in [0.1, 0.15) is 5.75 Å². The summed E-state index contributed by atoms with van der Waals surface area (Å²) in [5.74, 6) is 2.23. The number of hydrogen-bond donors (Lipinski definition) is 0. The third kappa shape index (κ3) is 3.64. The molecule has 0 amide bonds. The highest BCUT2D eigenvalue weighted by Gasteiger charge is 2.41. The van der Waals surface area contributed by atoms with Gasteiger partial charge in [-0.05, 0) is 48.5 Å². The Balaban J connectivity index is 1.59. The van der Waals surface area contributed by atoms with Gasteiger partial charge in [0.2, 0.25) is 6.23 Å². The van der Waals surface area contributed by atoms with Crippen LogP contribution in [0.4, 0.5) is 0 Å². The summed E-state index contributed by atoms with van der Waals surface area (Å²) in [5.41, 5.74) is 4.03. The van der Waals surface area contributed by atoms with Crippen molar-refractivity contribution in [3.63, 3.8) is 0 Å². The molecule has 0 saturated heterocycles. The van der Waals surface area contributed by atoms with Gasteiger partial charge in [0.15, 0.2) is 11.5 Å². The van der Waals surface area contributed by atoms with Crippen molar-refractivity contribution >= 4 is 33.2 Å². The van der Waals surface area contributed by atoms with Gasteiger partial charge in [-0.15, -0.1) is 0 Å². The van der Waals surface area contributed by atoms with E-state index in [4.69, 9.17) is 30.9 Å². The van der Waals surface area contributed by atoms with Crippen LogP contribution in [0.1, 0.15) is 35.4 Å². The fraction of sp³-hybridized carbons (Fsp3) is 0.208. The highest BCUT2D eigenvalue weighted by atomic mass is 79.9. The summed E-state index contributed by atoms with van der Waals surface area (Å²) in [6.07, 6.45) is 0.384. The Kier molecular flexibility index (Phi) is 5.28. The quantitative estimate of drug-likeness (QED) is 0.419. The summed E-state index contributed by atoms with van der Waals surface area (Å²) in [7, 11) is 3.27. The predicted molar refractivity (Wildman–Crippen MR) is 124 cm³/mol. The molecule has 0 unspecified atom stereocenters. The largest absolute Gasteiger partial charge is 0.493 e. The number of halogens is 2. The van der Waals surface area contributed by atoms with Gasteiger partial charge in [-0.25, -0.2) is 5.01 Å². The summed E-state index contributed by atoms with van der Waals surface area (Å²) in [4.78, 5) is 0. The van der Waals surface area contributed by atoms with Crippen molar-refractivity contribution in [3.8, 4) is 17.2 Å². The van der Waals surface area contributed by atoms with Gasteiger partial charge in [0, 0.05) is 32.6 Å². The molecule has 2 aliphatic rings. The van der Waals surface area contributed by atoms with Crippen LogP contribution in [-0.2, 0) is 0 Å². The van der Waals surface area contributed by atoms with E-state index in [1.165, 1.54) is 0 Å². The zero-order valence-electron chi connectivity index (χ0n) is 17.0. The Bertz CT molecular complexity index is 1180. The Labute approximate surface area is 194 Å². The summed E-state index contributed by atoms with van der Waals surface area (Å²) in [6, 6.07) is 19.8. The van der Waals surface area contributed by atoms with E-state index in [0.29, 0.717) is 16.5 Å². The molecule has 0 saturated carbocycles. The lowest BCUT2D eigenvalue weighted by atomic mass is 9.96. The van der Waals surface area contributed by atoms with E-state index >= 15 is 0 Å². The van der Waals surface area contributed by atoms with E-state index in [1.807, 2.05) is 59.6 Å². The van der Waals surface area contributed by atoms with Crippen molar-refractivity contribution in [2.75, 3.05) is 14.2 Å². The number of fused-ring (bicyclic) bond motifs is 3. The molecule has 0 fully saturated rings. The summed E-state index contributed by atoms with van der Waals surface area (Å²) in [5, 5.41) is 7.70. The average molecular weight is 500 g/mol. The molecule has 2 heterocycles. The first-order valence-corrected chi connectivity index (χ1v) is 11.0. The fourth-order valence-electron chi connectivity index (χ4n) is 4.13. The van der Waals surface area contributed by atoms with E-state index in [0.717, 1.165) is 39.0 Å². The van der Waals surface area contributed by atoms with Crippen molar-refractivity contribution < 1.29 is 14.2 Å². The Morgan fingerprint density at radius 3 is 2.65 bits per heavy atom. The number of rotatable bonds is 4. The van der Waals surface area contributed by atoms with E-state index < -0.39 is 0 Å². The van der Waals surface area contributed by atoms with Gasteiger partial charge < -0.3 is 14.2 Å². The van der Waals surface area contributed by atoms with Gasteiger partial charge in [-0.2, -0.15) is 5.10 Å². The van der Waals surface area contributed by atoms with Gasteiger partial charge in [0.25, 0.3) is 0 Å². The second kappa shape index (κ2) is 8.09. The van der Waals surface area contributed by atoms with Crippen LogP contribution in [0.25, 0.3) is 0 Å². The summed E-state index contributed by atoms with van der Waals surface area (Å²) >= 11 is 9.87. The lowest BCUT2D eigenvalue weighted by Crippen LogP contribution is -2.33. The Morgan fingerprint density at radius 2 is 1.87 bits per heavy atom. The lowest BCUT2D eigenvalue weighted by molar-refractivity contribution is -0.0190. The number of hydrogen-bond acceptors (Lipinski definition) is 5. The van der Waals surface area contributed by atoms with Gasteiger partial charge in [-0.3, -0.25) is 0 Å². The normalized spacial score (nSPS) is 19.2. The second-order valence-corrected chi connectivity index (χ2v) is 8.78. The minimum absolute atomic E-state index is 0.0494. The van der Waals surface area contributed by atoms with Crippen molar-refractivity contribution in [3.05, 3.63) is 86.8 Å². The zero-order valence-corrected chi connectivity index (χ0v) is 19.4. The first-order chi connectivity index (χ1) is 15.1. The predicted octanol–water partition coefficient (Wildman–Crippen LogP) is 6.36. The van der Waals surface area contributed by atoms with Crippen LogP contribution in [0.2, 0.25) is 5.02 Å². The van der Waals surface area contributed by atoms with E-state index in [-0.39, 0.29) is 12.3 Å². The highest BCUT2D eigenvalue weighted by Crippen LogP contribution is 2.48. The maximum atomic E-state index is 6.40. The van der Waals surface area contributed by atoms with Gasteiger partial charge in [-0.1, -0.05) is 39.7 Å². The number of nitrogens with zero attached hydrogens (tertiary/aromatic N) is 2. The second-order valence-electron chi connectivity index (χ2n) is 7.42. The van der Waals surface area contributed by atoms with Crippen LogP contribution in [0.15, 0.2) is 70.2 Å². The molecule has 5 rings (SSSR count). The molecule has 2 aliphatic heterocycles. The van der Waals surface area contributed by atoms with E-state index in [1.54, 1.807) is 14.2 Å². The van der Waals surface area contributed by atoms with Gasteiger partial charge >= 0.3 is 0 Å². The molecule has 3 aromatic rings. The number of hydrazone groups is 1. The zero-order chi connectivity index (χ0) is 21.5. The fourth-order valence-corrected chi connectivity index (χ4v) is 4.71. The molecule has 158 valence electrons. The number of ether oxygens (including phenoxy) is 3. The van der Waals surface area contributed by atoms with Crippen LogP contribution in [0.3, 0.4) is 0 Å². The van der Waals surface area contributed by atoms with Crippen molar-refractivity contribution in [2.45, 2.75) is 18.7 Å². The van der Waals surface area contributed by atoms with Crippen LogP contribution in [0.5, 0.6) is 17.2 Å². The van der Waals surface area contributed by atoms with Crippen LogP contribution >= 0.6 is 27.5 Å². The SMILES string of the molecule is COc1ccc(C2=NN3[C@@H](C2)c2cc(Br)ccc2O[C@H]3c2cccc(Cl)c2)cc1OC. The van der Waals surface area contributed by atoms with Crippen LogP contribution in [-0.4, -0.2) is 24.9 Å². The third-order valence-corrected chi connectivity index (χ3v) is 6.33. The van der Waals surface area contributed by atoms with Crippen LogP contribution < -0.4 is 14.2 Å². The summed E-state index contributed by atoms with van der Waals surface area (Å²) in [6.45, 7) is 0. The smallest absolute Gasteiger partial charge is 0.213 e. The van der Waals surface area contributed by atoms with Crippen molar-refractivity contribution in [1.82, 2.24) is 5.01 Å². The number of methoxy groups -OCH3 is 2. The average Bonchev–Trinajstić information content (AvgIpc) is 3.24. The third-order valence-electron chi connectivity index (χ3n) is 5.60. The highest BCUT2D eigenvalue weighted by molar-refractivity contribution is 9.10. The minimum Gasteiger partial charge on any atom is -0.493 e. The molecule has 0 spiro atoms. The van der Waals surface area contributed by atoms with Gasteiger partial charge in [0.05, 0.1) is 26.0 Å². The topological polar surface area (TPSA) is 43.3 Å². The van der Waals surface area contributed by atoms with E-state index in [2.05, 4.69) is 22.0 Å².